The van der Waals surface area contributed by atoms with Gasteiger partial charge in [-0.1, -0.05) is 49.8 Å². The maximum absolute atomic E-state index is 13.6. The van der Waals surface area contributed by atoms with Crippen LogP contribution >= 0.6 is 11.3 Å². The smallest absolute Gasteiger partial charge is 0.301 e. The minimum atomic E-state index is -0.863. The first kappa shape index (κ1) is 28.4. The molecule has 1 aliphatic rings. The van der Waals surface area contributed by atoms with Gasteiger partial charge >= 0.3 is 5.91 Å². The Morgan fingerprint density at radius 2 is 1.59 bits per heavy atom. The van der Waals surface area contributed by atoms with Crippen molar-refractivity contribution in [2.45, 2.75) is 53.0 Å². The normalized spacial score (nSPS) is 16.5. The van der Waals surface area contributed by atoms with Crippen molar-refractivity contribution in [1.29, 1.82) is 0 Å². The van der Waals surface area contributed by atoms with E-state index in [-0.39, 0.29) is 11.3 Å². The molecule has 1 fully saturated rings. The van der Waals surface area contributed by atoms with Crippen LogP contribution in [0.4, 0.5) is 5.13 Å². The number of ether oxygens (including phenoxy) is 2. The molecule has 3 aromatic carbocycles. The summed E-state index contributed by atoms with van der Waals surface area (Å²) in [7, 11) is 0. The molecule has 1 N–H and O–H groups in total. The number of carbonyl (C=O) groups excluding carboxylic acids is 2. The number of benzene rings is 3. The summed E-state index contributed by atoms with van der Waals surface area (Å²) in [5.41, 5.74) is 3.99. The number of aliphatic hydroxyl groups is 1. The van der Waals surface area contributed by atoms with Crippen molar-refractivity contribution in [2.75, 3.05) is 18.1 Å². The number of hydrogen-bond acceptors (Lipinski definition) is 7. The molecule has 0 bridgehead atoms. The van der Waals surface area contributed by atoms with Gasteiger partial charge in [0, 0.05) is 5.56 Å². The molecule has 41 heavy (non-hydrogen) atoms. The summed E-state index contributed by atoms with van der Waals surface area (Å²) >= 11 is 1.36. The molecular formula is C33H34N2O5S. The molecule has 0 saturated carbocycles. The van der Waals surface area contributed by atoms with E-state index in [0.29, 0.717) is 41.0 Å². The second-order valence-electron chi connectivity index (χ2n) is 10.2. The Labute approximate surface area is 244 Å². The van der Waals surface area contributed by atoms with E-state index in [2.05, 4.69) is 6.92 Å². The van der Waals surface area contributed by atoms with Crippen LogP contribution in [-0.4, -0.2) is 35.0 Å². The number of ketones is 1. The predicted octanol–water partition coefficient (Wildman–Crippen LogP) is 7.51. The molecule has 0 spiro atoms. The van der Waals surface area contributed by atoms with Crippen molar-refractivity contribution in [3.8, 4) is 11.5 Å². The zero-order chi connectivity index (χ0) is 29.1. The van der Waals surface area contributed by atoms with Crippen LogP contribution in [0.5, 0.6) is 11.5 Å². The van der Waals surface area contributed by atoms with Crippen LogP contribution in [0.25, 0.3) is 16.0 Å². The lowest BCUT2D eigenvalue weighted by Crippen LogP contribution is -2.29. The number of aryl methyl sites for hydroxylation is 2. The second kappa shape index (κ2) is 12.1. The number of anilines is 1. The summed E-state index contributed by atoms with van der Waals surface area (Å²) < 4.78 is 12.4. The van der Waals surface area contributed by atoms with E-state index in [4.69, 9.17) is 14.5 Å². The van der Waals surface area contributed by atoms with Crippen LogP contribution < -0.4 is 14.4 Å². The van der Waals surface area contributed by atoms with Crippen molar-refractivity contribution in [1.82, 2.24) is 4.98 Å². The molecule has 212 valence electrons. The Morgan fingerprint density at radius 1 is 0.927 bits per heavy atom. The highest BCUT2D eigenvalue weighted by Crippen LogP contribution is 2.45. The number of nitrogens with zero attached hydrogens (tertiary/aromatic N) is 2. The summed E-state index contributed by atoms with van der Waals surface area (Å²) in [6, 6.07) is 17.4. The van der Waals surface area contributed by atoms with E-state index in [0.717, 1.165) is 40.6 Å². The first-order chi connectivity index (χ1) is 19.8. The standard InChI is InChI=1S/C33H34N2O5S/c1-5-7-17-40-25-12-8-22(9-13-25)29-27(30(36)23-10-14-24(15-11-23)39-16-6-2)31(37)32(38)35(29)33-34-28-21(4)18-20(3)19-26(28)41-33/h8-15,18-19,29,36H,5-7,16-17H2,1-4H3. The molecule has 0 radical (unpaired) electrons. The predicted molar refractivity (Wildman–Crippen MR) is 163 cm³/mol. The zero-order valence-corrected chi connectivity index (χ0v) is 24.6. The molecule has 1 aliphatic heterocycles. The number of rotatable bonds is 10. The number of Topliss-reactive ketones (excluding diaryl/α,β-unsaturated/α-hetero) is 1. The molecule has 4 aromatic rings. The van der Waals surface area contributed by atoms with Crippen LogP contribution in [0.2, 0.25) is 0 Å². The van der Waals surface area contributed by atoms with E-state index in [1.54, 1.807) is 24.3 Å². The highest BCUT2D eigenvalue weighted by molar-refractivity contribution is 7.22. The van der Waals surface area contributed by atoms with Gasteiger partial charge in [0.05, 0.1) is 35.0 Å². The number of carbonyl (C=O) groups is 2. The largest absolute Gasteiger partial charge is 0.507 e. The molecule has 1 aromatic heterocycles. The number of thiazole rings is 1. The number of unbranched alkanes of at least 4 members (excludes halogenated alkanes) is 1. The number of fused-ring (bicyclic) bond motifs is 1. The van der Waals surface area contributed by atoms with Gasteiger partial charge in [0.1, 0.15) is 17.3 Å². The Balaban J connectivity index is 1.61. The summed E-state index contributed by atoms with van der Waals surface area (Å²) in [5, 5.41) is 11.9. The number of aliphatic hydroxyl groups excluding tert-OH is 1. The fraction of sp³-hybridized carbons (Fsp3) is 0.303. The van der Waals surface area contributed by atoms with Gasteiger partial charge in [-0.25, -0.2) is 4.98 Å². The van der Waals surface area contributed by atoms with Crippen LogP contribution in [0, 0.1) is 13.8 Å². The van der Waals surface area contributed by atoms with E-state index in [1.807, 2.05) is 57.2 Å². The SMILES string of the molecule is CCCCOc1ccc(C2C(=C(O)c3ccc(OCCC)cc3)C(=O)C(=O)N2c2nc3c(C)cc(C)cc3s2)cc1. The third kappa shape index (κ3) is 5.70. The average Bonchev–Trinajstić information content (AvgIpc) is 3.50. The second-order valence-corrected chi connectivity index (χ2v) is 11.2. The molecule has 7 nitrogen and oxygen atoms in total. The highest BCUT2D eigenvalue weighted by atomic mass is 32.1. The number of aromatic nitrogens is 1. The zero-order valence-electron chi connectivity index (χ0n) is 23.8. The molecule has 0 aliphatic carbocycles. The van der Waals surface area contributed by atoms with Crippen LogP contribution in [0.15, 0.2) is 66.2 Å². The lowest BCUT2D eigenvalue weighted by molar-refractivity contribution is -0.132. The fourth-order valence-electron chi connectivity index (χ4n) is 4.97. The van der Waals surface area contributed by atoms with Gasteiger partial charge in [-0.2, -0.15) is 0 Å². The van der Waals surface area contributed by atoms with Crippen molar-refractivity contribution < 1.29 is 24.2 Å². The average molecular weight is 571 g/mol. The van der Waals surface area contributed by atoms with Gasteiger partial charge in [0.15, 0.2) is 5.13 Å². The Kier molecular flexibility index (Phi) is 8.40. The summed E-state index contributed by atoms with van der Waals surface area (Å²) in [5.74, 6) is -0.355. The van der Waals surface area contributed by atoms with Crippen molar-refractivity contribution in [3.63, 3.8) is 0 Å². The van der Waals surface area contributed by atoms with Crippen molar-refractivity contribution in [3.05, 3.63) is 88.5 Å². The quantitative estimate of drug-likeness (QED) is 0.0919. The Hall–Kier alpha value is -4.17. The molecule has 1 unspecified atom stereocenters. The monoisotopic (exact) mass is 570 g/mol. The van der Waals surface area contributed by atoms with Crippen molar-refractivity contribution >= 4 is 44.1 Å². The summed E-state index contributed by atoms with van der Waals surface area (Å²) in [4.78, 5) is 33.4. The van der Waals surface area contributed by atoms with Gasteiger partial charge in [-0.15, -0.1) is 0 Å². The van der Waals surface area contributed by atoms with Gasteiger partial charge in [0.25, 0.3) is 5.78 Å². The first-order valence-electron chi connectivity index (χ1n) is 14.0. The molecule has 1 atom stereocenters. The van der Waals surface area contributed by atoms with Crippen LogP contribution in [-0.2, 0) is 9.59 Å². The minimum Gasteiger partial charge on any atom is -0.507 e. The maximum Gasteiger partial charge on any atom is 0.301 e. The lowest BCUT2D eigenvalue weighted by atomic mass is 9.95. The summed E-state index contributed by atoms with van der Waals surface area (Å²) in [6.07, 6.45) is 2.85. The molecule has 2 heterocycles. The van der Waals surface area contributed by atoms with Crippen LogP contribution in [0.1, 0.15) is 61.4 Å². The number of hydrogen-bond donors (Lipinski definition) is 1. The Bertz CT molecular complexity index is 1610. The third-order valence-electron chi connectivity index (χ3n) is 7.03. The van der Waals surface area contributed by atoms with E-state index in [9.17, 15) is 14.7 Å². The Morgan fingerprint density at radius 3 is 2.24 bits per heavy atom. The third-order valence-corrected chi connectivity index (χ3v) is 8.03. The van der Waals surface area contributed by atoms with Gasteiger partial charge < -0.3 is 14.6 Å². The lowest BCUT2D eigenvalue weighted by Gasteiger charge is -2.23. The molecular weight excluding hydrogens is 536 g/mol. The maximum atomic E-state index is 13.6. The van der Waals surface area contributed by atoms with E-state index in [1.165, 1.54) is 16.2 Å². The van der Waals surface area contributed by atoms with E-state index >= 15 is 0 Å². The minimum absolute atomic E-state index is 0.0176. The van der Waals surface area contributed by atoms with Gasteiger partial charge in [-0.3, -0.25) is 14.5 Å². The summed E-state index contributed by atoms with van der Waals surface area (Å²) in [6.45, 7) is 9.31. The topological polar surface area (TPSA) is 89.0 Å². The van der Waals surface area contributed by atoms with Gasteiger partial charge in [-0.05, 0) is 85.8 Å². The number of amides is 1. The highest BCUT2D eigenvalue weighted by Gasteiger charge is 2.48. The molecule has 8 heteroatoms. The molecule has 1 saturated heterocycles. The molecule has 5 rings (SSSR count). The fourth-order valence-corrected chi connectivity index (χ4v) is 6.14. The van der Waals surface area contributed by atoms with Crippen LogP contribution in [0.3, 0.4) is 0 Å². The van der Waals surface area contributed by atoms with Gasteiger partial charge in [0.2, 0.25) is 0 Å². The molecule has 1 amide bonds. The van der Waals surface area contributed by atoms with E-state index < -0.39 is 17.7 Å². The first-order valence-corrected chi connectivity index (χ1v) is 14.8. The van der Waals surface area contributed by atoms with Crippen molar-refractivity contribution in [2.24, 2.45) is 0 Å².